The van der Waals surface area contributed by atoms with Crippen LogP contribution in [0.1, 0.15) is 18.3 Å². The number of amides is 1. The van der Waals surface area contributed by atoms with Gasteiger partial charge in [-0.1, -0.05) is 42.5 Å². The highest BCUT2D eigenvalue weighted by atomic mass is 16.5. The summed E-state index contributed by atoms with van der Waals surface area (Å²) < 4.78 is 5.45. The minimum absolute atomic E-state index is 0.0300. The molecule has 32 heavy (non-hydrogen) atoms. The third kappa shape index (κ3) is 5.32. The third-order valence-electron chi connectivity index (χ3n) is 5.42. The molecule has 1 aromatic heterocycles. The van der Waals surface area contributed by atoms with E-state index < -0.39 is 0 Å². The maximum Gasteiger partial charge on any atom is 0.246 e. The van der Waals surface area contributed by atoms with E-state index in [9.17, 15) is 4.79 Å². The molecule has 6 nitrogen and oxygen atoms in total. The highest BCUT2D eigenvalue weighted by Gasteiger charge is 2.21. The lowest BCUT2D eigenvalue weighted by Crippen LogP contribution is -2.48. The molecule has 2 heterocycles. The van der Waals surface area contributed by atoms with E-state index in [1.165, 1.54) is 0 Å². The van der Waals surface area contributed by atoms with Crippen molar-refractivity contribution in [2.45, 2.75) is 13.8 Å². The second kappa shape index (κ2) is 10.1. The molecule has 6 heteroatoms. The lowest BCUT2D eigenvalue weighted by Gasteiger charge is -2.35. The molecule has 1 fully saturated rings. The van der Waals surface area contributed by atoms with Crippen LogP contribution < -0.4 is 9.64 Å². The van der Waals surface area contributed by atoms with Gasteiger partial charge in [0.25, 0.3) is 0 Å². The van der Waals surface area contributed by atoms with Gasteiger partial charge >= 0.3 is 0 Å². The van der Waals surface area contributed by atoms with Crippen LogP contribution in [0.2, 0.25) is 0 Å². The van der Waals surface area contributed by atoms with Crippen molar-refractivity contribution in [3.63, 3.8) is 0 Å². The number of carbonyl (C=O) groups excluding carboxylic acids is 1. The standard InChI is InChI=1S/C26H28N4O2/c1-3-32-23-12-9-21(10-13-23)11-14-26(31)30-17-15-29(16-18-30)25-19-24(27-20(2)28-25)22-7-5-4-6-8-22/h4-14,19H,3,15-18H2,1-2H3/b14-11+. The van der Waals surface area contributed by atoms with Gasteiger partial charge < -0.3 is 14.5 Å². The van der Waals surface area contributed by atoms with Crippen LogP contribution in [0.25, 0.3) is 17.3 Å². The van der Waals surface area contributed by atoms with Gasteiger partial charge in [0.1, 0.15) is 17.4 Å². The fourth-order valence-corrected chi connectivity index (χ4v) is 3.74. The molecule has 1 aliphatic rings. The molecule has 3 aromatic rings. The summed E-state index contributed by atoms with van der Waals surface area (Å²) in [5.74, 6) is 2.52. The van der Waals surface area contributed by atoms with Crippen LogP contribution in [0.15, 0.2) is 66.7 Å². The Bertz CT molecular complexity index is 1070. The van der Waals surface area contributed by atoms with Crippen molar-refractivity contribution >= 4 is 17.8 Å². The van der Waals surface area contributed by atoms with Crippen LogP contribution in [0.5, 0.6) is 5.75 Å². The molecular formula is C26H28N4O2. The summed E-state index contributed by atoms with van der Waals surface area (Å²) in [6, 6.07) is 19.9. The summed E-state index contributed by atoms with van der Waals surface area (Å²) in [6.07, 6.45) is 3.50. The number of hydrogen-bond acceptors (Lipinski definition) is 5. The zero-order valence-corrected chi connectivity index (χ0v) is 18.6. The van der Waals surface area contributed by atoms with Gasteiger partial charge in [-0.05, 0) is 37.6 Å². The molecule has 2 aromatic carbocycles. The third-order valence-corrected chi connectivity index (χ3v) is 5.42. The van der Waals surface area contributed by atoms with Crippen LogP contribution >= 0.6 is 0 Å². The summed E-state index contributed by atoms with van der Waals surface area (Å²) >= 11 is 0. The van der Waals surface area contributed by atoms with Gasteiger partial charge in [0.2, 0.25) is 5.91 Å². The van der Waals surface area contributed by atoms with Crippen molar-refractivity contribution < 1.29 is 9.53 Å². The molecule has 0 atom stereocenters. The van der Waals surface area contributed by atoms with E-state index in [-0.39, 0.29) is 5.91 Å². The maximum absolute atomic E-state index is 12.6. The van der Waals surface area contributed by atoms with E-state index in [2.05, 4.69) is 27.0 Å². The number of piperazine rings is 1. The number of rotatable bonds is 6. The number of nitrogens with zero attached hydrogens (tertiary/aromatic N) is 4. The van der Waals surface area contributed by atoms with Crippen LogP contribution in [0.4, 0.5) is 5.82 Å². The van der Waals surface area contributed by atoms with E-state index >= 15 is 0 Å². The summed E-state index contributed by atoms with van der Waals surface area (Å²) in [7, 11) is 0. The van der Waals surface area contributed by atoms with E-state index in [0.29, 0.717) is 19.7 Å². The van der Waals surface area contributed by atoms with Crippen molar-refractivity contribution in [3.05, 3.63) is 78.1 Å². The second-order valence-corrected chi connectivity index (χ2v) is 7.67. The molecule has 0 bridgehead atoms. The normalized spacial score (nSPS) is 14.1. The Labute approximate surface area is 189 Å². The highest BCUT2D eigenvalue weighted by Crippen LogP contribution is 2.22. The Morgan fingerprint density at radius 2 is 1.72 bits per heavy atom. The SMILES string of the molecule is CCOc1ccc(/C=C/C(=O)N2CCN(c3cc(-c4ccccc4)nc(C)n3)CC2)cc1. The van der Waals surface area contributed by atoms with Crippen LogP contribution in [0, 0.1) is 6.92 Å². The lowest BCUT2D eigenvalue weighted by molar-refractivity contribution is -0.126. The highest BCUT2D eigenvalue weighted by molar-refractivity contribution is 5.92. The number of aromatic nitrogens is 2. The number of benzene rings is 2. The molecule has 0 spiro atoms. The first kappa shape index (κ1) is 21.6. The number of anilines is 1. The first-order chi connectivity index (χ1) is 15.6. The van der Waals surface area contributed by atoms with Crippen molar-refractivity contribution in [2.24, 2.45) is 0 Å². The van der Waals surface area contributed by atoms with Gasteiger partial charge in [-0.15, -0.1) is 0 Å². The van der Waals surface area contributed by atoms with E-state index in [1.807, 2.05) is 73.4 Å². The quantitative estimate of drug-likeness (QED) is 0.551. The number of ether oxygens (including phenoxy) is 1. The first-order valence-electron chi connectivity index (χ1n) is 11.0. The minimum Gasteiger partial charge on any atom is -0.494 e. The number of carbonyl (C=O) groups is 1. The van der Waals surface area contributed by atoms with Crippen molar-refractivity contribution in [1.82, 2.24) is 14.9 Å². The Kier molecular flexibility index (Phi) is 6.80. The van der Waals surface area contributed by atoms with Gasteiger partial charge in [0.15, 0.2) is 0 Å². The van der Waals surface area contributed by atoms with Gasteiger partial charge in [-0.2, -0.15) is 0 Å². The van der Waals surface area contributed by atoms with Crippen molar-refractivity contribution in [2.75, 3.05) is 37.7 Å². The van der Waals surface area contributed by atoms with E-state index in [0.717, 1.165) is 47.3 Å². The summed E-state index contributed by atoms with van der Waals surface area (Å²) in [4.78, 5) is 26.0. The van der Waals surface area contributed by atoms with Crippen LogP contribution in [-0.4, -0.2) is 53.6 Å². The van der Waals surface area contributed by atoms with E-state index in [4.69, 9.17) is 4.74 Å². The molecule has 1 aliphatic heterocycles. The molecule has 1 saturated heterocycles. The Morgan fingerprint density at radius 1 is 1.00 bits per heavy atom. The van der Waals surface area contributed by atoms with Crippen molar-refractivity contribution in [1.29, 1.82) is 0 Å². The molecule has 1 amide bonds. The molecule has 0 N–H and O–H groups in total. The number of aryl methyl sites for hydroxylation is 1. The first-order valence-corrected chi connectivity index (χ1v) is 11.0. The second-order valence-electron chi connectivity index (χ2n) is 7.67. The van der Waals surface area contributed by atoms with Gasteiger partial charge in [0.05, 0.1) is 12.3 Å². The monoisotopic (exact) mass is 428 g/mol. The summed E-state index contributed by atoms with van der Waals surface area (Å²) in [5.41, 5.74) is 2.97. The lowest BCUT2D eigenvalue weighted by atomic mass is 10.1. The smallest absolute Gasteiger partial charge is 0.246 e. The predicted octanol–water partition coefficient (Wildman–Crippen LogP) is 4.21. The Balaban J connectivity index is 1.37. The van der Waals surface area contributed by atoms with Crippen LogP contribution in [-0.2, 0) is 4.79 Å². The zero-order chi connectivity index (χ0) is 22.3. The molecule has 164 valence electrons. The predicted molar refractivity (Wildman–Crippen MR) is 128 cm³/mol. The fraction of sp³-hybridized carbons (Fsp3) is 0.269. The largest absolute Gasteiger partial charge is 0.494 e. The molecule has 0 unspecified atom stereocenters. The molecule has 0 aliphatic carbocycles. The molecule has 0 radical (unpaired) electrons. The van der Waals surface area contributed by atoms with Gasteiger partial charge in [0, 0.05) is 43.9 Å². The van der Waals surface area contributed by atoms with E-state index in [1.54, 1.807) is 6.08 Å². The Morgan fingerprint density at radius 3 is 2.41 bits per heavy atom. The Hall–Kier alpha value is -3.67. The zero-order valence-electron chi connectivity index (χ0n) is 18.6. The topological polar surface area (TPSA) is 58.6 Å². The van der Waals surface area contributed by atoms with Gasteiger partial charge in [-0.25, -0.2) is 9.97 Å². The van der Waals surface area contributed by atoms with Crippen molar-refractivity contribution in [3.8, 4) is 17.0 Å². The average Bonchev–Trinajstić information content (AvgIpc) is 2.84. The molecule has 0 saturated carbocycles. The summed E-state index contributed by atoms with van der Waals surface area (Å²) in [5, 5.41) is 0. The average molecular weight is 429 g/mol. The molecular weight excluding hydrogens is 400 g/mol. The molecule has 4 rings (SSSR count). The van der Waals surface area contributed by atoms with Gasteiger partial charge in [-0.3, -0.25) is 4.79 Å². The minimum atomic E-state index is 0.0300. The fourth-order valence-electron chi connectivity index (χ4n) is 3.74. The van der Waals surface area contributed by atoms with Crippen LogP contribution in [0.3, 0.4) is 0 Å². The maximum atomic E-state index is 12.6. The number of hydrogen-bond donors (Lipinski definition) is 0. The summed E-state index contributed by atoms with van der Waals surface area (Å²) in [6.45, 7) is 7.33.